The number of aromatic nitrogens is 2. The van der Waals surface area contributed by atoms with E-state index in [4.69, 9.17) is 0 Å². The Kier molecular flexibility index (Phi) is 4.14. The van der Waals surface area contributed by atoms with Crippen molar-refractivity contribution in [2.45, 2.75) is 13.0 Å². The van der Waals surface area contributed by atoms with E-state index in [9.17, 15) is 14.0 Å². The molecule has 0 saturated heterocycles. The highest BCUT2D eigenvalue weighted by Crippen LogP contribution is 2.18. The fourth-order valence-corrected chi connectivity index (χ4v) is 1.74. The number of rotatable bonds is 4. The van der Waals surface area contributed by atoms with E-state index in [1.165, 1.54) is 49.8 Å². The molecule has 1 heterocycles. The molecule has 2 aromatic rings. The van der Waals surface area contributed by atoms with Crippen LogP contribution in [-0.4, -0.2) is 21.7 Å². The molecular formula is C14H12FN3O2. The van der Waals surface area contributed by atoms with Crippen LogP contribution in [0.1, 0.15) is 29.0 Å². The summed E-state index contributed by atoms with van der Waals surface area (Å²) in [5.41, 5.74) is 0.674. The van der Waals surface area contributed by atoms with Gasteiger partial charge in [0.05, 0.1) is 0 Å². The molecule has 5 nitrogen and oxygen atoms in total. The quantitative estimate of drug-likeness (QED) is 0.860. The first-order valence-corrected chi connectivity index (χ1v) is 5.90. The number of carbonyl (C=O) groups excluding carboxylic acids is 2. The Balaban J connectivity index is 2.35. The Morgan fingerprint density at radius 1 is 1.20 bits per heavy atom. The number of halogens is 1. The molecule has 6 heteroatoms. The van der Waals surface area contributed by atoms with Gasteiger partial charge in [0.15, 0.2) is 0 Å². The zero-order valence-electron chi connectivity index (χ0n) is 10.7. The third-order valence-corrected chi connectivity index (χ3v) is 2.65. The highest BCUT2D eigenvalue weighted by Gasteiger charge is 2.23. The highest BCUT2D eigenvalue weighted by molar-refractivity contribution is 6.00. The standard InChI is InChI=1S/C14H12FN3O2/c1-9(19)18-13(10-2-4-11(15)5-3-10)14(20)12-6-7-16-8-17-12/h2-8,13H,1H3,(H,18,19)/t13-/m1/s1. The monoisotopic (exact) mass is 273 g/mol. The van der Waals surface area contributed by atoms with E-state index >= 15 is 0 Å². The molecule has 0 spiro atoms. The molecule has 1 aromatic heterocycles. The van der Waals surface area contributed by atoms with Crippen molar-refractivity contribution in [1.29, 1.82) is 0 Å². The van der Waals surface area contributed by atoms with Crippen molar-refractivity contribution < 1.29 is 14.0 Å². The predicted molar refractivity (Wildman–Crippen MR) is 69.3 cm³/mol. The van der Waals surface area contributed by atoms with Gasteiger partial charge in [-0.1, -0.05) is 12.1 Å². The van der Waals surface area contributed by atoms with Crippen LogP contribution >= 0.6 is 0 Å². The van der Waals surface area contributed by atoms with Crippen LogP contribution in [0.5, 0.6) is 0 Å². The average Bonchev–Trinajstić information content (AvgIpc) is 2.46. The first kappa shape index (κ1) is 13.8. The summed E-state index contributed by atoms with van der Waals surface area (Å²) in [7, 11) is 0. The van der Waals surface area contributed by atoms with Gasteiger partial charge in [-0.05, 0) is 23.8 Å². The van der Waals surface area contributed by atoms with Crippen molar-refractivity contribution in [3.63, 3.8) is 0 Å². The van der Waals surface area contributed by atoms with Crippen molar-refractivity contribution in [2.75, 3.05) is 0 Å². The first-order valence-electron chi connectivity index (χ1n) is 5.90. The number of hydrogen-bond acceptors (Lipinski definition) is 4. The van der Waals surface area contributed by atoms with Crippen molar-refractivity contribution in [1.82, 2.24) is 15.3 Å². The number of Topliss-reactive ketones (excluding diaryl/α,β-unsaturated/α-hetero) is 1. The predicted octanol–water partition coefficient (Wildman–Crippen LogP) is 1.68. The maximum absolute atomic E-state index is 12.9. The van der Waals surface area contributed by atoms with E-state index in [2.05, 4.69) is 15.3 Å². The van der Waals surface area contributed by atoms with Gasteiger partial charge in [-0.25, -0.2) is 14.4 Å². The molecule has 0 saturated carbocycles. The third kappa shape index (κ3) is 3.23. The molecule has 20 heavy (non-hydrogen) atoms. The van der Waals surface area contributed by atoms with Crippen LogP contribution < -0.4 is 5.32 Å². The maximum atomic E-state index is 12.9. The van der Waals surface area contributed by atoms with Crippen LogP contribution in [0, 0.1) is 5.82 Å². The summed E-state index contributed by atoms with van der Waals surface area (Å²) in [6.45, 7) is 1.31. The topological polar surface area (TPSA) is 72.0 Å². The van der Waals surface area contributed by atoms with Crippen LogP contribution in [-0.2, 0) is 4.79 Å². The van der Waals surface area contributed by atoms with Crippen LogP contribution in [0.25, 0.3) is 0 Å². The third-order valence-electron chi connectivity index (χ3n) is 2.65. The lowest BCUT2D eigenvalue weighted by atomic mass is 10.0. The molecule has 0 fully saturated rings. The minimum Gasteiger partial charge on any atom is -0.342 e. The van der Waals surface area contributed by atoms with Crippen molar-refractivity contribution in [3.8, 4) is 0 Å². The summed E-state index contributed by atoms with van der Waals surface area (Å²) in [6, 6.07) is 5.93. The molecule has 2 rings (SSSR count). The zero-order valence-corrected chi connectivity index (χ0v) is 10.7. The molecule has 102 valence electrons. The van der Waals surface area contributed by atoms with Gasteiger partial charge in [0.25, 0.3) is 0 Å². The Labute approximate surface area is 114 Å². The highest BCUT2D eigenvalue weighted by atomic mass is 19.1. The molecule has 0 aliphatic carbocycles. The summed E-state index contributed by atoms with van der Waals surface area (Å²) in [4.78, 5) is 31.2. The second kappa shape index (κ2) is 6.01. The van der Waals surface area contributed by atoms with Gasteiger partial charge in [-0.2, -0.15) is 0 Å². The molecule has 1 amide bonds. The summed E-state index contributed by atoms with van der Waals surface area (Å²) in [5.74, 6) is -1.15. The van der Waals surface area contributed by atoms with Gasteiger partial charge >= 0.3 is 0 Å². The van der Waals surface area contributed by atoms with E-state index in [1.54, 1.807) is 0 Å². The van der Waals surface area contributed by atoms with Gasteiger partial charge in [-0.15, -0.1) is 0 Å². The first-order chi connectivity index (χ1) is 9.58. The molecule has 0 bridgehead atoms. The SMILES string of the molecule is CC(=O)N[C@@H](C(=O)c1ccncn1)c1ccc(F)cc1. The number of nitrogens with one attached hydrogen (secondary N) is 1. The molecule has 0 radical (unpaired) electrons. The molecule has 0 aliphatic heterocycles. The lowest BCUT2D eigenvalue weighted by Crippen LogP contribution is -2.32. The maximum Gasteiger partial charge on any atom is 0.217 e. The van der Waals surface area contributed by atoms with Crippen molar-refractivity contribution >= 4 is 11.7 Å². The van der Waals surface area contributed by atoms with Gasteiger partial charge in [0, 0.05) is 13.1 Å². The second-order valence-corrected chi connectivity index (χ2v) is 4.14. The van der Waals surface area contributed by atoms with E-state index in [1.807, 2.05) is 0 Å². The summed E-state index contributed by atoms with van der Waals surface area (Å²) >= 11 is 0. The smallest absolute Gasteiger partial charge is 0.217 e. The van der Waals surface area contributed by atoms with Crippen molar-refractivity contribution in [2.24, 2.45) is 0 Å². The Hall–Kier alpha value is -2.63. The molecule has 1 atom stereocenters. The van der Waals surface area contributed by atoms with Crippen LogP contribution in [0.2, 0.25) is 0 Å². The second-order valence-electron chi connectivity index (χ2n) is 4.14. The minimum atomic E-state index is -0.900. The van der Waals surface area contributed by atoms with Gasteiger partial charge in [0.1, 0.15) is 23.9 Å². The molecule has 0 aliphatic rings. The number of benzene rings is 1. The number of ketones is 1. The van der Waals surface area contributed by atoms with Crippen molar-refractivity contribution in [3.05, 3.63) is 59.9 Å². The molecular weight excluding hydrogens is 261 g/mol. The zero-order chi connectivity index (χ0) is 14.5. The average molecular weight is 273 g/mol. The van der Waals surface area contributed by atoms with Crippen LogP contribution in [0.3, 0.4) is 0 Å². The largest absolute Gasteiger partial charge is 0.342 e. The van der Waals surface area contributed by atoms with Crippen LogP contribution in [0.4, 0.5) is 4.39 Å². The van der Waals surface area contributed by atoms with E-state index in [-0.39, 0.29) is 17.4 Å². The molecule has 1 aromatic carbocycles. The fourth-order valence-electron chi connectivity index (χ4n) is 1.74. The summed E-state index contributed by atoms with van der Waals surface area (Å²) in [6.07, 6.45) is 2.69. The van der Waals surface area contributed by atoms with E-state index < -0.39 is 11.9 Å². The summed E-state index contributed by atoms with van der Waals surface area (Å²) < 4.78 is 12.9. The summed E-state index contributed by atoms with van der Waals surface area (Å²) in [5, 5.41) is 2.54. The number of nitrogens with zero attached hydrogens (tertiary/aromatic N) is 2. The lowest BCUT2D eigenvalue weighted by molar-refractivity contribution is -0.119. The lowest BCUT2D eigenvalue weighted by Gasteiger charge is -2.16. The molecule has 1 N–H and O–H groups in total. The molecule has 0 unspecified atom stereocenters. The van der Waals surface area contributed by atoms with Gasteiger partial charge < -0.3 is 5.32 Å². The Morgan fingerprint density at radius 3 is 2.45 bits per heavy atom. The van der Waals surface area contributed by atoms with Gasteiger partial charge in [-0.3, -0.25) is 9.59 Å². The number of hydrogen-bond donors (Lipinski definition) is 1. The Morgan fingerprint density at radius 2 is 1.90 bits per heavy atom. The normalized spacial score (nSPS) is 11.7. The van der Waals surface area contributed by atoms with Crippen LogP contribution in [0.15, 0.2) is 42.9 Å². The van der Waals surface area contributed by atoms with E-state index in [0.29, 0.717) is 5.56 Å². The number of amides is 1. The number of carbonyl (C=O) groups is 2. The minimum absolute atomic E-state index is 0.183. The fraction of sp³-hybridized carbons (Fsp3) is 0.143. The van der Waals surface area contributed by atoms with E-state index in [0.717, 1.165) is 0 Å². The van der Waals surface area contributed by atoms with Gasteiger partial charge in [0.2, 0.25) is 11.7 Å². The Bertz CT molecular complexity index is 614.